The molecule has 0 spiro atoms. The van der Waals surface area contributed by atoms with Crippen LogP contribution in [0.3, 0.4) is 0 Å². The van der Waals surface area contributed by atoms with Crippen LogP contribution in [0.25, 0.3) is 10.9 Å². The molecule has 0 bridgehead atoms. The van der Waals surface area contributed by atoms with Crippen molar-refractivity contribution in [2.45, 2.75) is 31.6 Å². The van der Waals surface area contributed by atoms with Gasteiger partial charge in [-0.1, -0.05) is 38.5 Å². The SMILES string of the molecule is CCC[C@@H](C)C(=O)NS(=O)(=O)c1cccc2cccnc12. The van der Waals surface area contributed by atoms with Gasteiger partial charge in [0.2, 0.25) is 5.91 Å². The molecular weight excluding hydrogens is 288 g/mol. The molecule has 1 amide bonds. The van der Waals surface area contributed by atoms with Crippen molar-refractivity contribution >= 4 is 26.8 Å². The molecule has 0 aliphatic rings. The molecule has 6 heteroatoms. The average Bonchev–Trinajstić information content (AvgIpc) is 2.46. The second-order valence-electron chi connectivity index (χ2n) is 4.99. The number of amides is 1. The number of carbonyl (C=O) groups excluding carboxylic acids is 1. The third-order valence-corrected chi connectivity index (χ3v) is 4.67. The highest BCUT2D eigenvalue weighted by Crippen LogP contribution is 2.20. The summed E-state index contributed by atoms with van der Waals surface area (Å²) in [5.41, 5.74) is 0.364. The Hall–Kier alpha value is -1.95. The van der Waals surface area contributed by atoms with Crippen LogP contribution in [-0.2, 0) is 14.8 Å². The fraction of sp³-hybridized carbons (Fsp3) is 0.333. The van der Waals surface area contributed by atoms with E-state index in [0.717, 1.165) is 11.8 Å². The van der Waals surface area contributed by atoms with Gasteiger partial charge in [0.1, 0.15) is 4.90 Å². The summed E-state index contributed by atoms with van der Waals surface area (Å²) in [7, 11) is -3.91. The Morgan fingerprint density at radius 1 is 1.29 bits per heavy atom. The molecule has 2 aromatic rings. The number of hydrogen-bond acceptors (Lipinski definition) is 4. The summed E-state index contributed by atoms with van der Waals surface area (Å²) in [6.45, 7) is 3.67. The lowest BCUT2D eigenvalue weighted by Gasteiger charge is -2.12. The van der Waals surface area contributed by atoms with Gasteiger partial charge in [-0.05, 0) is 18.6 Å². The number of hydrogen-bond donors (Lipinski definition) is 1. The maximum Gasteiger partial charge on any atom is 0.266 e. The van der Waals surface area contributed by atoms with Crippen molar-refractivity contribution in [3.05, 3.63) is 36.5 Å². The lowest BCUT2D eigenvalue weighted by atomic mass is 10.1. The summed E-state index contributed by atoms with van der Waals surface area (Å²) >= 11 is 0. The minimum absolute atomic E-state index is 0.0256. The number of fused-ring (bicyclic) bond motifs is 1. The van der Waals surface area contributed by atoms with Crippen molar-refractivity contribution in [2.24, 2.45) is 5.92 Å². The second-order valence-corrected chi connectivity index (χ2v) is 6.64. The highest BCUT2D eigenvalue weighted by atomic mass is 32.2. The largest absolute Gasteiger partial charge is 0.274 e. The van der Waals surface area contributed by atoms with Gasteiger partial charge in [0.15, 0.2) is 0 Å². The zero-order valence-corrected chi connectivity index (χ0v) is 12.9. The fourth-order valence-corrected chi connectivity index (χ4v) is 3.40. The number of carbonyl (C=O) groups is 1. The van der Waals surface area contributed by atoms with Gasteiger partial charge in [-0.3, -0.25) is 9.78 Å². The van der Waals surface area contributed by atoms with Crippen molar-refractivity contribution in [1.29, 1.82) is 0 Å². The fourth-order valence-electron chi connectivity index (χ4n) is 2.15. The van der Waals surface area contributed by atoms with Gasteiger partial charge >= 0.3 is 0 Å². The van der Waals surface area contributed by atoms with E-state index in [0.29, 0.717) is 11.9 Å². The first-order valence-corrected chi connectivity index (χ1v) is 8.34. The number of benzene rings is 1. The standard InChI is InChI=1S/C15H18N2O3S/c1-3-6-11(2)15(18)17-21(19,20)13-9-4-7-12-8-5-10-16-14(12)13/h4-5,7-11H,3,6H2,1-2H3,(H,17,18)/t11-/m1/s1. The molecule has 21 heavy (non-hydrogen) atoms. The van der Waals surface area contributed by atoms with Crippen LogP contribution >= 0.6 is 0 Å². The van der Waals surface area contributed by atoms with Gasteiger partial charge < -0.3 is 0 Å². The molecule has 1 atom stereocenters. The van der Waals surface area contributed by atoms with Crippen LogP contribution < -0.4 is 4.72 Å². The molecule has 1 aromatic heterocycles. The third-order valence-electron chi connectivity index (χ3n) is 3.29. The third kappa shape index (κ3) is 3.39. The summed E-state index contributed by atoms with van der Waals surface area (Å²) in [5, 5.41) is 0.717. The van der Waals surface area contributed by atoms with Gasteiger partial charge in [-0.25, -0.2) is 13.1 Å². The second kappa shape index (κ2) is 6.22. The van der Waals surface area contributed by atoms with Gasteiger partial charge in [-0.2, -0.15) is 0 Å². The predicted molar refractivity (Wildman–Crippen MR) is 81.1 cm³/mol. The molecule has 0 fully saturated rings. The molecule has 1 aromatic carbocycles. The smallest absolute Gasteiger partial charge is 0.266 e. The number of rotatable bonds is 5. The number of sulfonamides is 1. The van der Waals surface area contributed by atoms with E-state index in [-0.39, 0.29) is 10.8 Å². The monoisotopic (exact) mass is 306 g/mol. The molecule has 0 aliphatic carbocycles. The quantitative estimate of drug-likeness (QED) is 0.920. The molecule has 0 aliphatic heterocycles. The minimum Gasteiger partial charge on any atom is -0.274 e. The predicted octanol–water partition coefficient (Wildman–Crippen LogP) is 2.48. The summed E-state index contributed by atoms with van der Waals surface area (Å²) in [5.74, 6) is -0.822. The number of pyridine rings is 1. The van der Waals surface area contributed by atoms with Gasteiger partial charge in [-0.15, -0.1) is 0 Å². The number of aromatic nitrogens is 1. The zero-order valence-electron chi connectivity index (χ0n) is 12.0. The molecule has 0 radical (unpaired) electrons. The molecule has 0 saturated heterocycles. The van der Waals surface area contributed by atoms with Crippen molar-refractivity contribution in [3.8, 4) is 0 Å². The molecule has 2 rings (SSSR count). The Labute approximate surface area is 124 Å². The van der Waals surface area contributed by atoms with Crippen LogP contribution in [0.15, 0.2) is 41.4 Å². The molecule has 1 N–H and O–H groups in total. The van der Waals surface area contributed by atoms with Crippen LogP contribution in [0.5, 0.6) is 0 Å². The molecule has 1 heterocycles. The van der Waals surface area contributed by atoms with Crippen molar-refractivity contribution in [3.63, 3.8) is 0 Å². The van der Waals surface area contributed by atoms with Crippen LogP contribution in [0.1, 0.15) is 26.7 Å². The zero-order chi connectivity index (χ0) is 15.5. The van der Waals surface area contributed by atoms with E-state index in [1.165, 1.54) is 12.3 Å². The van der Waals surface area contributed by atoms with Gasteiger partial charge in [0.05, 0.1) is 5.52 Å². The van der Waals surface area contributed by atoms with E-state index in [1.807, 2.05) is 6.92 Å². The van der Waals surface area contributed by atoms with Gasteiger partial charge in [0.25, 0.3) is 10.0 Å². The Morgan fingerprint density at radius 3 is 2.71 bits per heavy atom. The summed E-state index contributed by atoms with van der Waals surface area (Å²) in [6, 6.07) is 8.39. The average molecular weight is 306 g/mol. The first kappa shape index (κ1) is 15.4. The Bertz CT molecular complexity index is 751. The van der Waals surface area contributed by atoms with E-state index in [1.54, 1.807) is 31.2 Å². The van der Waals surface area contributed by atoms with E-state index in [2.05, 4.69) is 9.71 Å². The lowest BCUT2D eigenvalue weighted by molar-refractivity contribution is -0.122. The Balaban J connectivity index is 2.37. The van der Waals surface area contributed by atoms with Crippen molar-refractivity contribution in [2.75, 3.05) is 0 Å². The van der Waals surface area contributed by atoms with Crippen molar-refractivity contribution < 1.29 is 13.2 Å². The maximum absolute atomic E-state index is 12.4. The number of nitrogens with one attached hydrogen (secondary N) is 1. The summed E-state index contributed by atoms with van der Waals surface area (Å²) in [6.07, 6.45) is 3.00. The lowest BCUT2D eigenvalue weighted by Crippen LogP contribution is -2.34. The van der Waals surface area contributed by atoms with Crippen LogP contribution in [0, 0.1) is 5.92 Å². The molecule has 0 saturated carbocycles. The van der Waals surface area contributed by atoms with Crippen molar-refractivity contribution in [1.82, 2.24) is 9.71 Å². The number of nitrogens with zero attached hydrogens (tertiary/aromatic N) is 1. The van der Waals surface area contributed by atoms with E-state index >= 15 is 0 Å². The van der Waals surface area contributed by atoms with E-state index in [4.69, 9.17) is 0 Å². The first-order chi connectivity index (χ1) is 9.95. The molecule has 112 valence electrons. The highest BCUT2D eigenvalue weighted by molar-refractivity contribution is 7.90. The summed E-state index contributed by atoms with van der Waals surface area (Å²) < 4.78 is 26.9. The molecule has 5 nitrogen and oxygen atoms in total. The normalized spacial score (nSPS) is 13.0. The molecule has 0 unspecified atom stereocenters. The van der Waals surface area contributed by atoms with Crippen LogP contribution in [0.2, 0.25) is 0 Å². The maximum atomic E-state index is 12.4. The number of para-hydroxylation sites is 1. The van der Waals surface area contributed by atoms with Crippen LogP contribution in [-0.4, -0.2) is 19.3 Å². The first-order valence-electron chi connectivity index (χ1n) is 6.86. The van der Waals surface area contributed by atoms with Gasteiger partial charge in [0, 0.05) is 17.5 Å². The molecular formula is C15H18N2O3S. The Morgan fingerprint density at radius 2 is 2.00 bits per heavy atom. The van der Waals surface area contributed by atoms with E-state index in [9.17, 15) is 13.2 Å². The highest BCUT2D eigenvalue weighted by Gasteiger charge is 2.23. The van der Waals surface area contributed by atoms with E-state index < -0.39 is 15.9 Å². The van der Waals surface area contributed by atoms with Crippen LogP contribution in [0.4, 0.5) is 0 Å². The Kier molecular flexibility index (Phi) is 4.57. The topological polar surface area (TPSA) is 76.1 Å². The summed E-state index contributed by atoms with van der Waals surface area (Å²) in [4.78, 5) is 16.1. The minimum atomic E-state index is -3.91.